The molecular formula is C15H24N4. The molecule has 0 aliphatic heterocycles. The average Bonchev–Trinajstić information content (AvgIpc) is 2.98. The molecule has 0 aliphatic carbocycles. The van der Waals surface area contributed by atoms with Crippen molar-refractivity contribution < 1.29 is 0 Å². The Morgan fingerprint density at radius 1 is 1.37 bits per heavy atom. The van der Waals surface area contributed by atoms with E-state index in [1.807, 2.05) is 12.5 Å². The zero-order valence-corrected chi connectivity index (χ0v) is 12.1. The summed E-state index contributed by atoms with van der Waals surface area (Å²) in [6, 6.07) is 2.70. The van der Waals surface area contributed by atoms with Crippen LogP contribution in [-0.2, 0) is 19.6 Å². The van der Waals surface area contributed by atoms with Crippen molar-refractivity contribution >= 4 is 0 Å². The van der Waals surface area contributed by atoms with E-state index in [9.17, 15) is 0 Å². The number of hydrogen-bond donors (Lipinski definition) is 1. The van der Waals surface area contributed by atoms with Gasteiger partial charge in [-0.15, -0.1) is 0 Å². The van der Waals surface area contributed by atoms with Crippen LogP contribution in [0.3, 0.4) is 0 Å². The topological polar surface area (TPSA) is 34.8 Å². The summed E-state index contributed by atoms with van der Waals surface area (Å²) in [7, 11) is 0. The van der Waals surface area contributed by atoms with Crippen LogP contribution in [0.25, 0.3) is 0 Å². The molecule has 2 aromatic rings. The SMILES string of the molecule is CCCn1cncc1Cn1ccc(CNC(C)C)c1. The molecule has 0 unspecified atom stereocenters. The zero-order valence-electron chi connectivity index (χ0n) is 12.1. The first-order chi connectivity index (χ1) is 9.19. The molecule has 0 saturated heterocycles. The minimum absolute atomic E-state index is 0.523. The summed E-state index contributed by atoms with van der Waals surface area (Å²) >= 11 is 0. The Labute approximate surface area is 115 Å². The number of hydrogen-bond acceptors (Lipinski definition) is 2. The Balaban J connectivity index is 1.97. The summed E-state index contributed by atoms with van der Waals surface area (Å²) < 4.78 is 4.45. The van der Waals surface area contributed by atoms with Gasteiger partial charge in [-0.3, -0.25) is 0 Å². The molecule has 0 aliphatic rings. The molecular weight excluding hydrogens is 236 g/mol. The minimum atomic E-state index is 0.523. The van der Waals surface area contributed by atoms with E-state index in [4.69, 9.17) is 0 Å². The van der Waals surface area contributed by atoms with E-state index in [1.54, 1.807) is 0 Å². The lowest BCUT2D eigenvalue weighted by Crippen LogP contribution is -2.21. The van der Waals surface area contributed by atoms with E-state index in [2.05, 4.69) is 58.7 Å². The van der Waals surface area contributed by atoms with Gasteiger partial charge >= 0.3 is 0 Å². The van der Waals surface area contributed by atoms with Crippen LogP contribution >= 0.6 is 0 Å². The molecule has 0 saturated carbocycles. The van der Waals surface area contributed by atoms with Gasteiger partial charge in [0.15, 0.2) is 0 Å². The predicted molar refractivity (Wildman–Crippen MR) is 78.0 cm³/mol. The Kier molecular flexibility index (Phi) is 4.80. The fourth-order valence-corrected chi connectivity index (χ4v) is 2.12. The van der Waals surface area contributed by atoms with Crippen molar-refractivity contribution in [2.75, 3.05) is 0 Å². The van der Waals surface area contributed by atoms with Gasteiger partial charge in [-0.2, -0.15) is 0 Å². The van der Waals surface area contributed by atoms with Crippen LogP contribution < -0.4 is 5.32 Å². The second kappa shape index (κ2) is 6.57. The molecule has 0 bridgehead atoms. The maximum Gasteiger partial charge on any atom is 0.0948 e. The van der Waals surface area contributed by atoms with E-state index >= 15 is 0 Å². The molecule has 2 heterocycles. The van der Waals surface area contributed by atoms with Crippen LogP contribution in [0.2, 0.25) is 0 Å². The summed E-state index contributed by atoms with van der Waals surface area (Å²) in [4.78, 5) is 4.24. The molecule has 0 spiro atoms. The first-order valence-corrected chi connectivity index (χ1v) is 7.06. The summed E-state index contributed by atoms with van der Waals surface area (Å²) in [6.45, 7) is 9.38. The average molecular weight is 260 g/mol. The van der Waals surface area contributed by atoms with E-state index in [0.717, 1.165) is 26.1 Å². The van der Waals surface area contributed by atoms with E-state index in [-0.39, 0.29) is 0 Å². The summed E-state index contributed by atoms with van der Waals surface area (Å²) in [5, 5.41) is 3.43. The Morgan fingerprint density at radius 3 is 2.95 bits per heavy atom. The second-order valence-corrected chi connectivity index (χ2v) is 5.31. The van der Waals surface area contributed by atoms with Gasteiger partial charge in [-0.05, 0) is 18.1 Å². The van der Waals surface area contributed by atoms with Crippen LogP contribution in [0.1, 0.15) is 38.4 Å². The minimum Gasteiger partial charge on any atom is -0.348 e. The van der Waals surface area contributed by atoms with Gasteiger partial charge in [0, 0.05) is 37.7 Å². The van der Waals surface area contributed by atoms with Gasteiger partial charge in [0.1, 0.15) is 0 Å². The van der Waals surface area contributed by atoms with Gasteiger partial charge < -0.3 is 14.5 Å². The highest BCUT2D eigenvalue weighted by molar-refractivity contribution is 5.12. The normalized spacial score (nSPS) is 11.4. The molecule has 19 heavy (non-hydrogen) atoms. The van der Waals surface area contributed by atoms with Crippen LogP contribution in [-0.4, -0.2) is 20.2 Å². The lowest BCUT2D eigenvalue weighted by Gasteiger charge is -2.08. The third kappa shape index (κ3) is 3.96. The predicted octanol–water partition coefficient (Wildman–Crippen LogP) is 2.64. The van der Waals surface area contributed by atoms with E-state index in [1.165, 1.54) is 11.3 Å². The number of rotatable bonds is 7. The summed E-state index contributed by atoms with van der Waals surface area (Å²) in [6.07, 6.45) is 9.36. The third-order valence-electron chi connectivity index (χ3n) is 3.13. The van der Waals surface area contributed by atoms with Crippen LogP contribution in [0, 0.1) is 0 Å². The highest BCUT2D eigenvalue weighted by Gasteiger charge is 2.03. The fraction of sp³-hybridized carbons (Fsp3) is 0.533. The lowest BCUT2D eigenvalue weighted by atomic mass is 10.3. The fourth-order valence-electron chi connectivity index (χ4n) is 2.12. The molecule has 104 valence electrons. The Morgan fingerprint density at radius 2 is 2.21 bits per heavy atom. The van der Waals surface area contributed by atoms with Crippen molar-refractivity contribution in [2.24, 2.45) is 0 Å². The van der Waals surface area contributed by atoms with Gasteiger partial charge in [0.2, 0.25) is 0 Å². The van der Waals surface area contributed by atoms with Crippen molar-refractivity contribution in [3.63, 3.8) is 0 Å². The molecule has 1 N–H and O–H groups in total. The van der Waals surface area contributed by atoms with E-state index in [0.29, 0.717) is 6.04 Å². The van der Waals surface area contributed by atoms with Crippen molar-refractivity contribution in [1.29, 1.82) is 0 Å². The molecule has 2 aromatic heterocycles. The van der Waals surface area contributed by atoms with Crippen molar-refractivity contribution in [3.8, 4) is 0 Å². The molecule has 4 nitrogen and oxygen atoms in total. The number of nitrogens with one attached hydrogen (secondary N) is 1. The first kappa shape index (κ1) is 13.9. The van der Waals surface area contributed by atoms with Crippen LogP contribution in [0.15, 0.2) is 31.0 Å². The van der Waals surface area contributed by atoms with Crippen LogP contribution in [0.4, 0.5) is 0 Å². The monoisotopic (exact) mass is 260 g/mol. The number of imidazole rings is 1. The zero-order chi connectivity index (χ0) is 13.7. The highest BCUT2D eigenvalue weighted by atomic mass is 15.1. The molecule has 0 aromatic carbocycles. The standard InChI is InChI=1S/C15H24N4/c1-4-6-19-12-16-9-15(19)11-18-7-5-14(10-18)8-17-13(2)3/h5,7,9-10,12-13,17H,4,6,8,11H2,1-3H3. The van der Waals surface area contributed by atoms with Crippen LogP contribution in [0.5, 0.6) is 0 Å². The summed E-state index contributed by atoms with van der Waals surface area (Å²) in [5.41, 5.74) is 2.59. The number of aromatic nitrogens is 3. The molecule has 0 radical (unpaired) electrons. The molecule has 0 fully saturated rings. The van der Waals surface area contributed by atoms with E-state index < -0.39 is 0 Å². The van der Waals surface area contributed by atoms with Gasteiger partial charge in [0.25, 0.3) is 0 Å². The van der Waals surface area contributed by atoms with Gasteiger partial charge in [-0.25, -0.2) is 4.98 Å². The van der Waals surface area contributed by atoms with Gasteiger partial charge in [0.05, 0.1) is 18.6 Å². The van der Waals surface area contributed by atoms with Crippen molar-refractivity contribution in [1.82, 2.24) is 19.4 Å². The largest absolute Gasteiger partial charge is 0.348 e. The number of nitrogens with zero attached hydrogens (tertiary/aromatic N) is 3. The Bertz CT molecular complexity index is 496. The molecule has 0 atom stereocenters. The molecule has 0 amide bonds. The first-order valence-electron chi connectivity index (χ1n) is 7.06. The van der Waals surface area contributed by atoms with Gasteiger partial charge in [-0.1, -0.05) is 20.8 Å². The second-order valence-electron chi connectivity index (χ2n) is 5.31. The Hall–Kier alpha value is -1.55. The lowest BCUT2D eigenvalue weighted by molar-refractivity contribution is 0.587. The highest BCUT2D eigenvalue weighted by Crippen LogP contribution is 2.07. The number of aryl methyl sites for hydroxylation is 1. The quantitative estimate of drug-likeness (QED) is 0.830. The van der Waals surface area contributed by atoms with Crippen molar-refractivity contribution in [3.05, 3.63) is 42.2 Å². The smallest absolute Gasteiger partial charge is 0.0948 e. The third-order valence-corrected chi connectivity index (χ3v) is 3.13. The molecule has 2 rings (SSSR count). The molecule has 4 heteroatoms. The van der Waals surface area contributed by atoms with Crippen molar-refractivity contribution in [2.45, 2.75) is 52.9 Å². The maximum absolute atomic E-state index is 4.24. The summed E-state index contributed by atoms with van der Waals surface area (Å²) in [5.74, 6) is 0. The maximum atomic E-state index is 4.24.